The van der Waals surface area contributed by atoms with Gasteiger partial charge in [-0.25, -0.2) is 13.2 Å². The smallest absolute Gasteiger partial charge is 0.339 e. The molecule has 0 unspecified atom stereocenters. The number of hydrogen-bond donors (Lipinski definition) is 1. The van der Waals surface area contributed by atoms with Crippen molar-refractivity contribution in [3.05, 3.63) is 23.8 Å². The Balaban J connectivity index is 3.37. The lowest BCUT2D eigenvalue weighted by atomic mass is 10.2. The van der Waals surface area contributed by atoms with E-state index in [2.05, 4.69) is 0 Å². The summed E-state index contributed by atoms with van der Waals surface area (Å²) >= 11 is 0. The molecule has 0 fully saturated rings. The van der Waals surface area contributed by atoms with Crippen molar-refractivity contribution in [2.24, 2.45) is 0 Å². The van der Waals surface area contributed by atoms with Gasteiger partial charge in [0.25, 0.3) is 0 Å². The minimum atomic E-state index is -3.67. The maximum atomic E-state index is 12.3. The first kappa shape index (κ1) is 15.5. The second-order valence-electron chi connectivity index (χ2n) is 3.76. The van der Waals surface area contributed by atoms with Crippen molar-refractivity contribution in [1.29, 1.82) is 0 Å². The van der Waals surface area contributed by atoms with Crippen LogP contribution in [0.4, 0.5) is 0 Å². The Morgan fingerprint density at radius 2 is 1.89 bits per heavy atom. The molecule has 0 saturated heterocycles. The molecule has 0 heterocycles. The predicted octanol–water partition coefficient (Wildman–Crippen LogP) is 1.42. The van der Waals surface area contributed by atoms with Gasteiger partial charge in [-0.3, -0.25) is 0 Å². The summed E-state index contributed by atoms with van der Waals surface area (Å²) in [6.45, 7) is 4.10. The molecular formula is C12H17NO5S. The van der Waals surface area contributed by atoms with E-state index in [1.165, 1.54) is 23.5 Å². The van der Waals surface area contributed by atoms with Crippen LogP contribution in [-0.2, 0) is 10.0 Å². The van der Waals surface area contributed by atoms with Crippen LogP contribution >= 0.6 is 0 Å². The van der Waals surface area contributed by atoms with Crippen molar-refractivity contribution in [1.82, 2.24) is 4.31 Å². The average molecular weight is 287 g/mol. The summed E-state index contributed by atoms with van der Waals surface area (Å²) in [4.78, 5) is 11.0. The molecule has 106 valence electrons. The van der Waals surface area contributed by atoms with E-state index in [9.17, 15) is 13.2 Å². The third kappa shape index (κ3) is 3.05. The van der Waals surface area contributed by atoms with Crippen molar-refractivity contribution in [2.45, 2.75) is 18.7 Å². The molecule has 1 rings (SSSR count). The average Bonchev–Trinajstić information content (AvgIpc) is 2.38. The normalized spacial score (nSPS) is 11.6. The lowest BCUT2D eigenvalue weighted by Crippen LogP contribution is -2.30. The molecule has 1 N–H and O–H groups in total. The number of benzene rings is 1. The predicted molar refractivity (Wildman–Crippen MR) is 70.1 cm³/mol. The SMILES string of the molecule is CCN(CC)S(=O)(=O)c1ccc(OC)c(C(=O)O)c1. The molecule has 0 atom stereocenters. The summed E-state index contributed by atoms with van der Waals surface area (Å²) in [5.41, 5.74) is -0.171. The fraction of sp³-hybridized carbons (Fsp3) is 0.417. The topological polar surface area (TPSA) is 83.9 Å². The van der Waals surface area contributed by atoms with Gasteiger partial charge in [0.1, 0.15) is 11.3 Å². The highest BCUT2D eigenvalue weighted by atomic mass is 32.2. The van der Waals surface area contributed by atoms with E-state index >= 15 is 0 Å². The van der Waals surface area contributed by atoms with Crippen LogP contribution in [0.15, 0.2) is 23.1 Å². The molecule has 1 aromatic rings. The summed E-state index contributed by atoms with van der Waals surface area (Å²) in [5.74, 6) is -1.10. The summed E-state index contributed by atoms with van der Waals surface area (Å²) in [6, 6.07) is 3.81. The Labute approximate surface area is 112 Å². The molecule has 7 heteroatoms. The van der Waals surface area contributed by atoms with E-state index in [0.717, 1.165) is 6.07 Å². The Bertz CT molecular complexity index is 563. The van der Waals surface area contributed by atoms with E-state index in [0.29, 0.717) is 13.1 Å². The Morgan fingerprint density at radius 3 is 2.32 bits per heavy atom. The molecule has 0 radical (unpaired) electrons. The molecule has 0 amide bonds. The monoisotopic (exact) mass is 287 g/mol. The lowest BCUT2D eigenvalue weighted by molar-refractivity contribution is 0.0693. The molecule has 1 aromatic carbocycles. The highest BCUT2D eigenvalue weighted by Gasteiger charge is 2.24. The summed E-state index contributed by atoms with van der Waals surface area (Å²) in [7, 11) is -2.33. The van der Waals surface area contributed by atoms with Crippen molar-refractivity contribution < 1.29 is 23.1 Å². The van der Waals surface area contributed by atoms with Gasteiger partial charge < -0.3 is 9.84 Å². The first-order valence-electron chi connectivity index (χ1n) is 5.79. The number of methoxy groups -OCH3 is 1. The van der Waals surface area contributed by atoms with Crippen LogP contribution < -0.4 is 4.74 Å². The molecule has 6 nitrogen and oxygen atoms in total. The van der Waals surface area contributed by atoms with Crippen molar-refractivity contribution in [2.75, 3.05) is 20.2 Å². The van der Waals surface area contributed by atoms with Crippen LogP contribution in [0.1, 0.15) is 24.2 Å². The van der Waals surface area contributed by atoms with Crippen molar-refractivity contribution in [3.8, 4) is 5.75 Å². The molecule has 19 heavy (non-hydrogen) atoms. The number of nitrogens with zero attached hydrogens (tertiary/aromatic N) is 1. The lowest BCUT2D eigenvalue weighted by Gasteiger charge is -2.19. The van der Waals surface area contributed by atoms with Gasteiger partial charge in [0, 0.05) is 13.1 Å². The number of carbonyl (C=O) groups is 1. The standard InChI is InChI=1S/C12H17NO5S/c1-4-13(5-2)19(16,17)9-6-7-11(18-3)10(8-9)12(14)15/h6-8H,4-5H2,1-3H3,(H,14,15). The number of aromatic carboxylic acids is 1. The molecule has 0 bridgehead atoms. The van der Waals surface area contributed by atoms with Crippen LogP contribution in [-0.4, -0.2) is 44.0 Å². The highest BCUT2D eigenvalue weighted by molar-refractivity contribution is 7.89. The minimum absolute atomic E-state index is 0.0469. The summed E-state index contributed by atoms with van der Waals surface area (Å²) in [6.07, 6.45) is 0. The molecule has 0 spiro atoms. The van der Waals surface area contributed by atoms with E-state index in [1.807, 2.05) is 0 Å². The third-order valence-electron chi connectivity index (χ3n) is 2.74. The van der Waals surface area contributed by atoms with Crippen LogP contribution in [0.3, 0.4) is 0 Å². The maximum Gasteiger partial charge on any atom is 0.339 e. The van der Waals surface area contributed by atoms with E-state index < -0.39 is 16.0 Å². The zero-order chi connectivity index (χ0) is 14.6. The zero-order valence-corrected chi connectivity index (χ0v) is 11.9. The van der Waals surface area contributed by atoms with Gasteiger partial charge in [-0.15, -0.1) is 0 Å². The maximum absolute atomic E-state index is 12.3. The van der Waals surface area contributed by atoms with E-state index in [1.54, 1.807) is 13.8 Å². The van der Waals surface area contributed by atoms with Gasteiger partial charge in [0.05, 0.1) is 12.0 Å². The Kier molecular flexibility index (Phi) is 4.90. The van der Waals surface area contributed by atoms with Crippen molar-refractivity contribution >= 4 is 16.0 Å². The van der Waals surface area contributed by atoms with Gasteiger partial charge in [-0.2, -0.15) is 4.31 Å². The molecule has 0 aromatic heterocycles. The number of sulfonamides is 1. The van der Waals surface area contributed by atoms with Gasteiger partial charge in [0.2, 0.25) is 10.0 Å². The fourth-order valence-electron chi connectivity index (χ4n) is 1.73. The number of ether oxygens (including phenoxy) is 1. The van der Waals surface area contributed by atoms with Gasteiger partial charge >= 0.3 is 5.97 Å². The quantitative estimate of drug-likeness (QED) is 0.855. The molecule has 0 aliphatic heterocycles. The minimum Gasteiger partial charge on any atom is -0.496 e. The summed E-state index contributed by atoms with van der Waals surface area (Å²) < 4.78 is 30.7. The molecular weight excluding hydrogens is 270 g/mol. The van der Waals surface area contributed by atoms with Crippen LogP contribution in [0.5, 0.6) is 5.75 Å². The second-order valence-corrected chi connectivity index (χ2v) is 5.69. The summed E-state index contributed by atoms with van der Waals surface area (Å²) in [5, 5.41) is 9.05. The van der Waals surface area contributed by atoms with Crippen LogP contribution in [0.2, 0.25) is 0 Å². The van der Waals surface area contributed by atoms with E-state index in [4.69, 9.17) is 9.84 Å². The Hall–Kier alpha value is -1.60. The third-order valence-corrected chi connectivity index (χ3v) is 4.79. The first-order valence-corrected chi connectivity index (χ1v) is 7.23. The van der Waals surface area contributed by atoms with Crippen molar-refractivity contribution in [3.63, 3.8) is 0 Å². The van der Waals surface area contributed by atoms with Gasteiger partial charge in [0.15, 0.2) is 0 Å². The van der Waals surface area contributed by atoms with Gasteiger partial charge in [-0.05, 0) is 18.2 Å². The van der Waals surface area contributed by atoms with Gasteiger partial charge in [-0.1, -0.05) is 13.8 Å². The van der Waals surface area contributed by atoms with E-state index in [-0.39, 0.29) is 16.2 Å². The number of rotatable bonds is 6. The number of hydrogen-bond acceptors (Lipinski definition) is 4. The Morgan fingerprint density at radius 1 is 1.32 bits per heavy atom. The first-order chi connectivity index (χ1) is 8.88. The number of carboxylic acids is 1. The molecule has 0 aliphatic carbocycles. The zero-order valence-electron chi connectivity index (χ0n) is 11.1. The number of carboxylic acid groups (broad SMARTS) is 1. The highest BCUT2D eigenvalue weighted by Crippen LogP contribution is 2.24. The molecule has 0 aliphatic rings. The van der Waals surface area contributed by atoms with Crippen LogP contribution in [0, 0.1) is 0 Å². The fourth-order valence-corrected chi connectivity index (χ4v) is 3.21. The molecule has 0 saturated carbocycles. The van der Waals surface area contributed by atoms with Crippen LogP contribution in [0.25, 0.3) is 0 Å². The largest absolute Gasteiger partial charge is 0.496 e. The second kappa shape index (κ2) is 6.03.